The number of aromatic nitrogens is 3. The van der Waals surface area contributed by atoms with Crippen LogP contribution in [0.3, 0.4) is 0 Å². The van der Waals surface area contributed by atoms with E-state index in [2.05, 4.69) is 20.5 Å². The van der Waals surface area contributed by atoms with Gasteiger partial charge in [-0.3, -0.25) is 14.7 Å². The molecule has 0 radical (unpaired) electrons. The summed E-state index contributed by atoms with van der Waals surface area (Å²) in [6, 6.07) is 17.7. The van der Waals surface area contributed by atoms with Crippen molar-refractivity contribution in [2.45, 2.75) is 16.9 Å². The van der Waals surface area contributed by atoms with E-state index in [1.807, 2.05) is 60.8 Å². The van der Waals surface area contributed by atoms with Crippen molar-refractivity contribution in [3.63, 3.8) is 0 Å². The number of thioether (sulfide) groups is 1. The van der Waals surface area contributed by atoms with E-state index in [1.54, 1.807) is 0 Å². The van der Waals surface area contributed by atoms with Crippen molar-refractivity contribution in [3.8, 4) is 11.3 Å². The lowest BCUT2D eigenvalue weighted by atomic mass is 9.99. The molecule has 1 aliphatic rings. The van der Waals surface area contributed by atoms with Gasteiger partial charge in [-0.2, -0.15) is 5.10 Å². The fourth-order valence-corrected chi connectivity index (χ4v) is 5.31. The van der Waals surface area contributed by atoms with Crippen LogP contribution in [0.15, 0.2) is 60.8 Å². The second-order valence-electron chi connectivity index (χ2n) is 7.11. The number of carbonyl (C=O) groups excluding carboxylic acids is 1. The van der Waals surface area contributed by atoms with Gasteiger partial charge in [-0.1, -0.05) is 48.5 Å². The largest absolute Gasteiger partial charge is 0.481 e. The molecule has 1 aliphatic heterocycles. The molecule has 0 saturated carbocycles. The summed E-state index contributed by atoms with van der Waals surface area (Å²) < 4.78 is 0. The molecule has 2 unspecified atom stereocenters. The molecule has 3 heterocycles. The number of aromatic amines is 2. The van der Waals surface area contributed by atoms with Gasteiger partial charge in [-0.25, -0.2) is 0 Å². The molecule has 0 aliphatic carbocycles. The van der Waals surface area contributed by atoms with Crippen molar-refractivity contribution in [3.05, 3.63) is 71.9 Å². The first kappa shape index (κ1) is 18.5. The zero-order chi connectivity index (χ0) is 20.7. The minimum atomic E-state index is -1.01. The standard InChI is InChI=1S/C22H18N4O3S/c27-17(28)10-16-22(29)24-21-18(19(25-26-21)12-6-2-1-3-7-12)20(30-16)14-11-23-15-9-5-4-8-13(14)15/h1-9,11,16,20,23H,10H2,(H,27,28)(H2,24,25,26,29). The van der Waals surface area contributed by atoms with E-state index < -0.39 is 11.2 Å². The summed E-state index contributed by atoms with van der Waals surface area (Å²) in [6.07, 6.45) is 1.67. The highest BCUT2D eigenvalue weighted by atomic mass is 32.2. The molecule has 2 atom stereocenters. The number of fused-ring (bicyclic) bond motifs is 2. The van der Waals surface area contributed by atoms with E-state index in [1.165, 1.54) is 11.8 Å². The molecular formula is C22H18N4O3S. The molecule has 0 fully saturated rings. The second kappa shape index (κ2) is 7.38. The lowest BCUT2D eigenvalue weighted by molar-refractivity contribution is -0.138. The van der Waals surface area contributed by atoms with E-state index in [0.717, 1.165) is 33.3 Å². The Morgan fingerprint density at radius 2 is 1.87 bits per heavy atom. The predicted octanol–water partition coefficient (Wildman–Crippen LogP) is 4.18. The maximum Gasteiger partial charge on any atom is 0.305 e. The molecule has 4 aromatic rings. The molecule has 8 heteroatoms. The Balaban J connectivity index is 1.71. The van der Waals surface area contributed by atoms with Crippen molar-refractivity contribution in [2.24, 2.45) is 0 Å². The average molecular weight is 418 g/mol. The van der Waals surface area contributed by atoms with Crippen molar-refractivity contribution in [1.82, 2.24) is 15.2 Å². The average Bonchev–Trinajstić information content (AvgIpc) is 3.33. The number of carboxylic acid groups (broad SMARTS) is 1. The number of nitrogens with zero attached hydrogens (tertiary/aromatic N) is 1. The molecule has 5 rings (SSSR count). The van der Waals surface area contributed by atoms with Crippen LogP contribution in [-0.2, 0) is 9.59 Å². The molecule has 150 valence electrons. The Bertz CT molecular complexity index is 1250. The topological polar surface area (TPSA) is 111 Å². The summed E-state index contributed by atoms with van der Waals surface area (Å²) in [6.45, 7) is 0. The number of rotatable bonds is 4. The van der Waals surface area contributed by atoms with Gasteiger partial charge < -0.3 is 15.4 Å². The predicted molar refractivity (Wildman–Crippen MR) is 116 cm³/mol. The highest BCUT2D eigenvalue weighted by Gasteiger charge is 2.37. The minimum Gasteiger partial charge on any atom is -0.481 e. The summed E-state index contributed by atoms with van der Waals surface area (Å²) >= 11 is 1.34. The van der Waals surface area contributed by atoms with Crippen LogP contribution in [0.5, 0.6) is 0 Å². The zero-order valence-corrected chi connectivity index (χ0v) is 16.6. The lowest BCUT2D eigenvalue weighted by Crippen LogP contribution is -2.26. The first-order valence-corrected chi connectivity index (χ1v) is 10.4. The first-order chi connectivity index (χ1) is 14.6. The highest BCUT2D eigenvalue weighted by Crippen LogP contribution is 2.49. The molecule has 0 bridgehead atoms. The van der Waals surface area contributed by atoms with Gasteiger partial charge in [-0.05, 0) is 17.2 Å². The van der Waals surface area contributed by atoms with Gasteiger partial charge in [0.25, 0.3) is 0 Å². The van der Waals surface area contributed by atoms with Crippen LogP contribution in [0.2, 0.25) is 0 Å². The Labute approximate surface area is 175 Å². The third-order valence-electron chi connectivity index (χ3n) is 5.23. The molecular weight excluding hydrogens is 400 g/mol. The van der Waals surface area contributed by atoms with Gasteiger partial charge in [0.1, 0.15) is 0 Å². The number of amides is 1. The number of hydrogen-bond donors (Lipinski definition) is 4. The Morgan fingerprint density at radius 3 is 2.67 bits per heavy atom. The number of benzene rings is 2. The smallest absolute Gasteiger partial charge is 0.305 e. The van der Waals surface area contributed by atoms with Gasteiger partial charge >= 0.3 is 5.97 Å². The molecule has 2 aromatic carbocycles. The number of anilines is 1. The summed E-state index contributed by atoms with van der Waals surface area (Å²) in [5, 5.41) is 19.6. The fourth-order valence-electron chi connectivity index (χ4n) is 3.86. The summed E-state index contributed by atoms with van der Waals surface area (Å²) in [5.41, 5.74) is 4.57. The molecule has 2 aromatic heterocycles. The number of carboxylic acids is 1. The van der Waals surface area contributed by atoms with Crippen LogP contribution in [-0.4, -0.2) is 37.4 Å². The van der Waals surface area contributed by atoms with Crippen LogP contribution in [0.25, 0.3) is 22.2 Å². The number of para-hydroxylation sites is 1. The fraction of sp³-hybridized carbons (Fsp3) is 0.136. The maximum atomic E-state index is 12.8. The van der Waals surface area contributed by atoms with Gasteiger partial charge in [-0.15, -0.1) is 11.8 Å². The first-order valence-electron chi connectivity index (χ1n) is 9.49. The summed E-state index contributed by atoms with van der Waals surface area (Å²) in [7, 11) is 0. The third-order valence-corrected chi connectivity index (χ3v) is 6.70. The van der Waals surface area contributed by atoms with Crippen LogP contribution in [0.1, 0.15) is 22.8 Å². The number of aliphatic carboxylic acids is 1. The second-order valence-corrected chi connectivity index (χ2v) is 8.42. The summed E-state index contributed by atoms with van der Waals surface area (Å²) in [5.74, 6) is -0.920. The Hall–Kier alpha value is -3.52. The Morgan fingerprint density at radius 1 is 1.10 bits per heavy atom. The van der Waals surface area contributed by atoms with Gasteiger partial charge in [0.05, 0.1) is 22.6 Å². The van der Waals surface area contributed by atoms with Crippen molar-refractivity contribution in [1.29, 1.82) is 0 Å². The molecule has 0 saturated heterocycles. The van der Waals surface area contributed by atoms with Crippen LogP contribution >= 0.6 is 11.8 Å². The number of hydrogen-bond acceptors (Lipinski definition) is 4. The van der Waals surface area contributed by atoms with Gasteiger partial charge in [0.2, 0.25) is 5.91 Å². The van der Waals surface area contributed by atoms with Gasteiger partial charge in [0, 0.05) is 22.7 Å². The number of carbonyl (C=O) groups is 2. The normalized spacial score (nSPS) is 18.6. The number of H-pyrrole nitrogens is 2. The quantitative estimate of drug-likeness (QED) is 0.397. The monoisotopic (exact) mass is 418 g/mol. The SMILES string of the molecule is O=C(O)CC1SC(c2c[nH]c3ccccc23)c2c(n[nH]c2-c2ccccc2)NC1=O. The van der Waals surface area contributed by atoms with Gasteiger partial charge in [0.15, 0.2) is 5.82 Å². The molecule has 0 spiro atoms. The van der Waals surface area contributed by atoms with Crippen LogP contribution < -0.4 is 5.32 Å². The molecule has 7 nitrogen and oxygen atoms in total. The lowest BCUT2D eigenvalue weighted by Gasteiger charge is -2.19. The Kier molecular flexibility index (Phi) is 4.55. The van der Waals surface area contributed by atoms with Crippen molar-refractivity contribution in [2.75, 3.05) is 5.32 Å². The maximum absolute atomic E-state index is 12.8. The van der Waals surface area contributed by atoms with E-state index in [4.69, 9.17) is 0 Å². The van der Waals surface area contributed by atoms with Crippen LogP contribution in [0.4, 0.5) is 5.82 Å². The zero-order valence-electron chi connectivity index (χ0n) is 15.8. The van der Waals surface area contributed by atoms with Crippen LogP contribution in [0, 0.1) is 0 Å². The van der Waals surface area contributed by atoms with E-state index in [9.17, 15) is 14.7 Å². The summed E-state index contributed by atoms with van der Waals surface area (Å²) in [4.78, 5) is 27.5. The third kappa shape index (κ3) is 3.15. The van der Waals surface area contributed by atoms with Crippen molar-refractivity contribution >= 4 is 40.4 Å². The highest BCUT2D eigenvalue weighted by molar-refractivity contribution is 8.01. The van der Waals surface area contributed by atoms with Crippen molar-refractivity contribution < 1.29 is 14.7 Å². The molecule has 30 heavy (non-hydrogen) atoms. The van der Waals surface area contributed by atoms with E-state index in [-0.39, 0.29) is 17.6 Å². The number of nitrogens with one attached hydrogen (secondary N) is 3. The minimum absolute atomic E-state index is 0.260. The van der Waals surface area contributed by atoms with E-state index >= 15 is 0 Å². The molecule has 1 amide bonds. The van der Waals surface area contributed by atoms with E-state index in [0.29, 0.717) is 5.82 Å². The molecule has 4 N–H and O–H groups in total.